The minimum Gasteiger partial charge on any atom is -0.486 e. The van der Waals surface area contributed by atoms with E-state index in [1.165, 1.54) is 0 Å². The van der Waals surface area contributed by atoms with Crippen LogP contribution < -0.4 is 9.47 Å². The Balaban J connectivity index is 0.000000138. The molecule has 1 aliphatic rings. The van der Waals surface area contributed by atoms with Gasteiger partial charge in [-0.1, -0.05) is 48.5 Å². The second kappa shape index (κ2) is 5.81. The van der Waals surface area contributed by atoms with E-state index in [1.54, 1.807) is 0 Å². The van der Waals surface area contributed by atoms with Gasteiger partial charge in [0.1, 0.15) is 13.2 Å². The topological polar surface area (TPSA) is 18.5 Å². The zero-order valence-electron chi connectivity index (χ0n) is 9.00. The predicted octanol–water partition coefficient (Wildman–Crippen LogP) is 3.14. The predicted molar refractivity (Wildman–Crippen MR) is 63.9 cm³/mol. The summed E-state index contributed by atoms with van der Waals surface area (Å²) in [4.78, 5) is 0. The van der Waals surface area contributed by atoms with Crippen LogP contribution in [0.25, 0.3) is 0 Å². The Bertz CT molecular complexity index is 360. The molecule has 3 rings (SSSR count). The van der Waals surface area contributed by atoms with Crippen LogP contribution in [0.5, 0.6) is 11.5 Å². The average Bonchev–Trinajstić information content (AvgIpc) is 2.42. The summed E-state index contributed by atoms with van der Waals surface area (Å²) in [5, 5.41) is 0. The first kappa shape index (κ1) is 10.6. The van der Waals surface area contributed by atoms with E-state index in [9.17, 15) is 0 Å². The van der Waals surface area contributed by atoms with Crippen molar-refractivity contribution in [3.05, 3.63) is 60.7 Å². The highest BCUT2D eigenvalue weighted by molar-refractivity contribution is 5.40. The summed E-state index contributed by atoms with van der Waals surface area (Å²) in [5.41, 5.74) is 0. The molecule has 0 N–H and O–H groups in total. The molecule has 1 aliphatic heterocycles. The van der Waals surface area contributed by atoms with Gasteiger partial charge in [-0.15, -0.1) is 0 Å². The first-order valence-electron chi connectivity index (χ1n) is 5.31. The summed E-state index contributed by atoms with van der Waals surface area (Å²) in [7, 11) is 0. The van der Waals surface area contributed by atoms with Crippen molar-refractivity contribution in [1.82, 2.24) is 0 Å². The average molecular weight is 214 g/mol. The van der Waals surface area contributed by atoms with E-state index in [0.29, 0.717) is 13.2 Å². The van der Waals surface area contributed by atoms with Gasteiger partial charge in [0.2, 0.25) is 0 Å². The van der Waals surface area contributed by atoms with Crippen molar-refractivity contribution in [2.75, 3.05) is 13.2 Å². The Morgan fingerprint density at radius 1 is 0.562 bits per heavy atom. The van der Waals surface area contributed by atoms with E-state index in [1.807, 2.05) is 60.7 Å². The van der Waals surface area contributed by atoms with Crippen molar-refractivity contribution in [3.8, 4) is 11.5 Å². The van der Waals surface area contributed by atoms with E-state index < -0.39 is 0 Å². The molecule has 0 bridgehead atoms. The maximum absolute atomic E-state index is 5.30. The molecule has 0 aromatic heterocycles. The lowest BCUT2D eigenvalue weighted by Gasteiger charge is -2.17. The quantitative estimate of drug-likeness (QED) is 0.670. The van der Waals surface area contributed by atoms with Crippen LogP contribution >= 0.6 is 0 Å². The largest absolute Gasteiger partial charge is 0.486 e. The van der Waals surface area contributed by atoms with E-state index in [4.69, 9.17) is 9.47 Å². The standard InChI is InChI=1S/C8H8O2.C6H6/c1-2-4-8-7(3-1)9-5-6-10-8;1-2-4-6-5-3-1/h1-4H,5-6H2;1-6H. The minimum absolute atomic E-state index is 0.664. The summed E-state index contributed by atoms with van der Waals surface area (Å²) in [5.74, 6) is 1.71. The van der Waals surface area contributed by atoms with Crippen molar-refractivity contribution in [3.63, 3.8) is 0 Å². The third kappa shape index (κ3) is 3.02. The van der Waals surface area contributed by atoms with Crippen molar-refractivity contribution in [2.45, 2.75) is 0 Å². The van der Waals surface area contributed by atoms with Gasteiger partial charge in [-0.05, 0) is 12.1 Å². The summed E-state index contributed by atoms with van der Waals surface area (Å²) in [6.07, 6.45) is 0. The molecule has 0 amide bonds. The first-order valence-corrected chi connectivity index (χ1v) is 5.31. The molecule has 2 aromatic rings. The first-order chi connectivity index (χ1) is 7.97. The Morgan fingerprint density at radius 2 is 0.938 bits per heavy atom. The van der Waals surface area contributed by atoms with E-state index >= 15 is 0 Å². The lowest BCUT2D eigenvalue weighted by atomic mass is 10.3. The molecule has 0 fully saturated rings. The molecular formula is C14H14O2. The number of ether oxygens (including phenoxy) is 2. The highest BCUT2D eigenvalue weighted by Gasteiger charge is 2.07. The Kier molecular flexibility index (Phi) is 3.83. The minimum atomic E-state index is 0.664. The van der Waals surface area contributed by atoms with Gasteiger partial charge in [-0.3, -0.25) is 0 Å². The van der Waals surface area contributed by atoms with Crippen LogP contribution in [0.2, 0.25) is 0 Å². The van der Waals surface area contributed by atoms with Crippen LogP contribution in [0.1, 0.15) is 0 Å². The number of fused-ring (bicyclic) bond motifs is 1. The lowest BCUT2D eigenvalue weighted by molar-refractivity contribution is 0.171. The maximum atomic E-state index is 5.30. The fourth-order valence-electron chi connectivity index (χ4n) is 1.38. The highest BCUT2D eigenvalue weighted by atomic mass is 16.6. The SMILES string of the molecule is c1ccc2c(c1)OCCO2.c1ccccc1. The van der Waals surface area contributed by atoms with Crippen LogP contribution in [0.15, 0.2) is 60.7 Å². The van der Waals surface area contributed by atoms with E-state index in [-0.39, 0.29) is 0 Å². The number of hydrogen-bond donors (Lipinski definition) is 0. The molecule has 2 nitrogen and oxygen atoms in total. The van der Waals surface area contributed by atoms with Gasteiger partial charge in [-0.25, -0.2) is 0 Å². The lowest BCUT2D eigenvalue weighted by Crippen LogP contribution is -2.14. The van der Waals surface area contributed by atoms with Gasteiger partial charge in [0.15, 0.2) is 11.5 Å². The summed E-state index contributed by atoms with van der Waals surface area (Å²) in [6, 6.07) is 19.7. The van der Waals surface area contributed by atoms with Gasteiger partial charge in [0.25, 0.3) is 0 Å². The molecule has 16 heavy (non-hydrogen) atoms. The fraction of sp³-hybridized carbons (Fsp3) is 0.143. The molecule has 82 valence electrons. The zero-order valence-corrected chi connectivity index (χ0v) is 9.00. The van der Waals surface area contributed by atoms with Crippen molar-refractivity contribution in [1.29, 1.82) is 0 Å². The summed E-state index contributed by atoms with van der Waals surface area (Å²) in [6.45, 7) is 1.33. The Labute approximate surface area is 95.4 Å². The highest BCUT2D eigenvalue weighted by Crippen LogP contribution is 2.28. The van der Waals surface area contributed by atoms with Crippen molar-refractivity contribution >= 4 is 0 Å². The van der Waals surface area contributed by atoms with Crippen LogP contribution in [-0.2, 0) is 0 Å². The zero-order chi connectivity index (χ0) is 11.1. The molecule has 0 radical (unpaired) electrons. The third-order valence-corrected chi connectivity index (χ3v) is 2.11. The molecule has 0 saturated carbocycles. The van der Waals surface area contributed by atoms with Gasteiger partial charge >= 0.3 is 0 Å². The molecule has 2 heteroatoms. The second-order valence-corrected chi connectivity index (χ2v) is 3.30. The van der Waals surface area contributed by atoms with Gasteiger partial charge in [0, 0.05) is 0 Å². The smallest absolute Gasteiger partial charge is 0.161 e. The maximum Gasteiger partial charge on any atom is 0.161 e. The Morgan fingerprint density at radius 3 is 1.31 bits per heavy atom. The van der Waals surface area contributed by atoms with E-state index in [2.05, 4.69) is 0 Å². The van der Waals surface area contributed by atoms with Crippen LogP contribution in [0.4, 0.5) is 0 Å². The van der Waals surface area contributed by atoms with Gasteiger partial charge < -0.3 is 9.47 Å². The van der Waals surface area contributed by atoms with Gasteiger partial charge in [0.05, 0.1) is 0 Å². The van der Waals surface area contributed by atoms with Crippen molar-refractivity contribution < 1.29 is 9.47 Å². The fourth-order valence-corrected chi connectivity index (χ4v) is 1.38. The van der Waals surface area contributed by atoms with Crippen LogP contribution in [0.3, 0.4) is 0 Å². The molecule has 2 aromatic carbocycles. The van der Waals surface area contributed by atoms with E-state index in [0.717, 1.165) is 11.5 Å². The summed E-state index contributed by atoms with van der Waals surface area (Å²) < 4.78 is 10.6. The van der Waals surface area contributed by atoms with Crippen molar-refractivity contribution in [2.24, 2.45) is 0 Å². The molecule has 0 aliphatic carbocycles. The number of benzene rings is 2. The molecule has 0 saturated heterocycles. The number of para-hydroxylation sites is 2. The summed E-state index contributed by atoms with van der Waals surface area (Å²) >= 11 is 0. The third-order valence-electron chi connectivity index (χ3n) is 2.11. The number of rotatable bonds is 0. The molecule has 0 spiro atoms. The second-order valence-electron chi connectivity index (χ2n) is 3.30. The molecule has 0 unspecified atom stereocenters. The van der Waals surface area contributed by atoms with Crippen LogP contribution in [0, 0.1) is 0 Å². The number of hydrogen-bond acceptors (Lipinski definition) is 2. The molecular weight excluding hydrogens is 200 g/mol. The molecule has 0 atom stereocenters. The normalized spacial score (nSPS) is 12.2. The van der Waals surface area contributed by atoms with Gasteiger partial charge in [-0.2, -0.15) is 0 Å². The Hall–Kier alpha value is -1.96. The van der Waals surface area contributed by atoms with Crippen LogP contribution in [-0.4, -0.2) is 13.2 Å². The monoisotopic (exact) mass is 214 g/mol. The molecule has 1 heterocycles.